The third-order valence-electron chi connectivity index (χ3n) is 2.66. The molecule has 1 aromatic heterocycles. The fourth-order valence-corrected chi connectivity index (χ4v) is 2.27. The van der Waals surface area contributed by atoms with Gasteiger partial charge in [0.25, 0.3) is 0 Å². The predicted octanol–water partition coefficient (Wildman–Crippen LogP) is 4.43. The van der Waals surface area contributed by atoms with Gasteiger partial charge in [0.2, 0.25) is 0 Å². The molecule has 0 spiro atoms. The van der Waals surface area contributed by atoms with Gasteiger partial charge in [-0.1, -0.05) is 41.4 Å². The normalized spacial score (nSPS) is 11.7. The van der Waals surface area contributed by atoms with Crippen LogP contribution in [0.3, 0.4) is 0 Å². The van der Waals surface area contributed by atoms with Crippen molar-refractivity contribution in [3.63, 3.8) is 0 Å². The zero-order valence-corrected chi connectivity index (χ0v) is 11.7. The Bertz CT molecular complexity index is 635. The first-order chi connectivity index (χ1) is 9.10. The lowest BCUT2D eigenvalue weighted by molar-refractivity contribution is 0.875. The largest absolute Gasteiger partial charge is 0.363 e. The number of hydrogen-bond donors (Lipinski definition) is 1. The third-order valence-corrected chi connectivity index (χ3v) is 3.20. The first-order valence-electron chi connectivity index (χ1n) is 5.69. The quantitative estimate of drug-likeness (QED) is 0.851. The van der Waals surface area contributed by atoms with Crippen LogP contribution in [0.1, 0.15) is 24.1 Å². The van der Waals surface area contributed by atoms with Crippen LogP contribution in [0.15, 0.2) is 36.4 Å². The van der Waals surface area contributed by atoms with Gasteiger partial charge < -0.3 is 5.32 Å². The molecule has 1 atom stereocenters. The van der Waals surface area contributed by atoms with E-state index in [0.717, 1.165) is 5.56 Å². The summed E-state index contributed by atoms with van der Waals surface area (Å²) < 4.78 is 0. The van der Waals surface area contributed by atoms with Gasteiger partial charge in [0.1, 0.15) is 11.0 Å². The second-order valence-corrected chi connectivity index (χ2v) is 4.86. The van der Waals surface area contributed by atoms with Crippen LogP contribution in [0.25, 0.3) is 0 Å². The highest BCUT2D eigenvalue weighted by atomic mass is 35.5. The second kappa shape index (κ2) is 5.92. The summed E-state index contributed by atoms with van der Waals surface area (Å²) in [5, 5.41) is 13.1. The first-order valence-corrected chi connectivity index (χ1v) is 6.44. The van der Waals surface area contributed by atoms with Crippen molar-refractivity contribution >= 4 is 29.0 Å². The van der Waals surface area contributed by atoms with Crippen LogP contribution in [-0.2, 0) is 0 Å². The maximum atomic E-state index is 8.90. The number of pyridine rings is 1. The fourth-order valence-electron chi connectivity index (χ4n) is 1.76. The molecule has 5 heteroatoms. The van der Waals surface area contributed by atoms with Gasteiger partial charge in [-0.15, -0.1) is 0 Å². The Labute approximate surface area is 121 Å². The number of nitriles is 1. The highest BCUT2D eigenvalue weighted by molar-refractivity contribution is 6.31. The van der Waals surface area contributed by atoms with Crippen LogP contribution in [0.4, 0.5) is 5.82 Å². The molecule has 1 heterocycles. The maximum absolute atomic E-state index is 8.90. The van der Waals surface area contributed by atoms with Crippen molar-refractivity contribution in [1.82, 2.24) is 4.98 Å². The lowest BCUT2D eigenvalue weighted by atomic mass is 10.1. The molecule has 0 saturated heterocycles. The van der Waals surface area contributed by atoms with Gasteiger partial charge >= 0.3 is 0 Å². The summed E-state index contributed by atoms with van der Waals surface area (Å²) >= 11 is 12.0. The van der Waals surface area contributed by atoms with Gasteiger partial charge in [-0.05, 0) is 30.7 Å². The molecule has 0 aliphatic rings. The molecule has 1 N–H and O–H groups in total. The van der Waals surface area contributed by atoms with Crippen LogP contribution >= 0.6 is 23.2 Å². The lowest BCUT2D eigenvalue weighted by Gasteiger charge is -2.16. The topological polar surface area (TPSA) is 48.7 Å². The van der Waals surface area contributed by atoms with E-state index in [-0.39, 0.29) is 11.2 Å². The molecular formula is C14H11Cl2N3. The average Bonchev–Trinajstić information content (AvgIpc) is 2.38. The van der Waals surface area contributed by atoms with Crippen molar-refractivity contribution < 1.29 is 0 Å². The van der Waals surface area contributed by atoms with Crippen molar-refractivity contribution in [2.75, 3.05) is 5.32 Å². The van der Waals surface area contributed by atoms with E-state index in [9.17, 15) is 0 Å². The number of rotatable bonds is 3. The Hall–Kier alpha value is -1.76. The van der Waals surface area contributed by atoms with Crippen molar-refractivity contribution in [3.05, 3.63) is 57.7 Å². The van der Waals surface area contributed by atoms with Crippen molar-refractivity contribution in [2.45, 2.75) is 13.0 Å². The zero-order chi connectivity index (χ0) is 13.8. The van der Waals surface area contributed by atoms with Gasteiger partial charge in [-0.3, -0.25) is 0 Å². The number of benzene rings is 1. The van der Waals surface area contributed by atoms with Crippen LogP contribution in [0, 0.1) is 11.3 Å². The van der Waals surface area contributed by atoms with E-state index in [1.807, 2.05) is 37.3 Å². The SMILES string of the molecule is CC(Nc1cc(C#N)cc(Cl)n1)c1ccccc1Cl. The Kier molecular flexibility index (Phi) is 4.26. The Morgan fingerprint density at radius 1 is 1.26 bits per heavy atom. The first kappa shape index (κ1) is 13.7. The van der Waals surface area contributed by atoms with Crippen molar-refractivity contribution in [2.24, 2.45) is 0 Å². The number of nitrogens with zero attached hydrogens (tertiary/aromatic N) is 2. The Morgan fingerprint density at radius 2 is 2.00 bits per heavy atom. The smallest absolute Gasteiger partial charge is 0.132 e. The number of hydrogen-bond acceptors (Lipinski definition) is 3. The molecular weight excluding hydrogens is 281 g/mol. The van der Waals surface area contributed by atoms with Crippen LogP contribution in [0.5, 0.6) is 0 Å². The molecule has 19 heavy (non-hydrogen) atoms. The van der Waals surface area contributed by atoms with Crippen LogP contribution in [0.2, 0.25) is 10.2 Å². The maximum Gasteiger partial charge on any atom is 0.132 e. The summed E-state index contributed by atoms with van der Waals surface area (Å²) in [5.41, 5.74) is 1.43. The minimum atomic E-state index is -0.0359. The molecule has 0 saturated carbocycles. The Morgan fingerprint density at radius 3 is 2.68 bits per heavy atom. The number of nitrogens with one attached hydrogen (secondary N) is 1. The van der Waals surface area contributed by atoms with Crippen LogP contribution in [-0.4, -0.2) is 4.98 Å². The highest BCUT2D eigenvalue weighted by Crippen LogP contribution is 2.25. The highest BCUT2D eigenvalue weighted by Gasteiger charge is 2.10. The van der Waals surface area contributed by atoms with Gasteiger partial charge in [0.15, 0.2) is 0 Å². The van der Waals surface area contributed by atoms with Gasteiger partial charge in [0.05, 0.1) is 17.7 Å². The van der Waals surface area contributed by atoms with E-state index in [1.54, 1.807) is 6.07 Å². The molecule has 0 amide bonds. The summed E-state index contributed by atoms with van der Waals surface area (Å²) in [5.74, 6) is 0.552. The Balaban J connectivity index is 2.24. The number of halogens is 2. The molecule has 1 unspecified atom stereocenters. The van der Waals surface area contributed by atoms with E-state index in [4.69, 9.17) is 28.5 Å². The molecule has 2 aromatic rings. The zero-order valence-electron chi connectivity index (χ0n) is 10.2. The fraction of sp³-hybridized carbons (Fsp3) is 0.143. The average molecular weight is 292 g/mol. The van der Waals surface area contributed by atoms with Gasteiger partial charge in [0, 0.05) is 5.02 Å². The van der Waals surface area contributed by atoms with Gasteiger partial charge in [-0.25, -0.2) is 4.98 Å². The molecule has 1 aromatic carbocycles. The molecule has 0 radical (unpaired) electrons. The summed E-state index contributed by atoms with van der Waals surface area (Å²) in [6.07, 6.45) is 0. The van der Waals surface area contributed by atoms with E-state index >= 15 is 0 Å². The molecule has 3 nitrogen and oxygen atoms in total. The van der Waals surface area contributed by atoms with Crippen molar-refractivity contribution in [3.8, 4) is 6.07 Å². The standard InChI is InChI=1S/C14H11Cl2N3/c1-9(11-4-2-3-5-12(11)15)18-14-7-10(8-17)6-13(16)19-14/h2-7,9H,1H3,(H,18,19). The van der Waals surface area contributed by atoms with E-state index in [2.05, 4.69) is 10.3 Å². The monoisotopic (exact) mass is 291 g/mol. The molecule has 96 valence electrons. The van der Waals surface area contributed by atoms with E-state index < -0.39 is 0 Å². The number of anilines is 1. The summed E-state index contributed by atoms with van der Waals surface area (Å²) in [6.45, 7) is 1.97. The second-order valence-electron chi connectivity index (χ2n) is 4.06. The summed E-state index contributed by atoms with van der Waals surface area (Å²) in [7, 11) is 0. The molecule has 0 bridgehead atoms. The molecule has 0 aliphatic heterocycles. The molecule has 0 aliphatic carbocycles. The van der Waals surface area contributed by atoms with E-state index in [1.165, 1.54) is 6.07 Å². The summed E-state index contributed by atoms with van der Waals surface area (Å²) in [4.78, 5) is 4.14. The van der Waals surface area contributed by atoms with E-state index in [0.29, 0.717) is 16.4 Å². The summed E-state index contributed by atoms with van der Waals surface area (Å²) in [6, 6.07) is 12.8. The molecule has 2 rings (SSSR count). The molecule has 0 fully saturated rings. The van der Waals surface area contributed by atoms with Crippen molar-refractivity contribution in [1.29, 1.82) is 5.26 Å². The minimum absolute atomic E-state index is 0.0359. The third kappa shape index (κ3) is 3.37. The van der Waals surface area contributed by atoms with Gasteiger partial charge in [-0.2, -0.15) is 5.26 Å². The van der Waals surface area contributed by atoms with Crippen LogP contribution < -0.4 is 5.32 Å². The lowest BCUT2D eigenvalue weighted by Crippen LogP contribution is -2.08. The minimum Gasteiger partial charge on any atom is -0.363 e. The number of aromatic nitrogens is 1. The predicted molar refractivity (Wildman–Crippen MR) is 77.5 cm³/mol.